The molecule has 0 saturated heterocycles. The van der Waals surface area contributed by atoms with E-state index in [0.29, 0.717) is 17.4 Å². The van der Waals surface area contributed by atoms with Gasteiger partial charge in [-0.2, -0.15) is 0 Å². The van der Waals surface area contributed by atoms with Crippen LogP contribution in [0.15, 0.2) is 60.9 Å². The molecule has 0 aliphatic carbocycles. The van der Waals surface area contributed by atoms with Crippen molar-refractivity contribution in [1.82, 2.24) is 15.3 Å². The molecule has 1 amide bonds. The summed E-state index contributed by atoms with van der Waals surface area (Å²) in [5.41, 5.74) is 2.10. The summed E-state index contributed by atoms with van der Waals surface area (Å²) in [6, 6.07) is 15.1. The lowest BCUT2D eigenvalue weighted by Gasteiger charge is -2.08. The zero-order valence-electron chi connectivity index (χ0n) is 14.8. The monoisotopic (exact) mass is 382 g/mol. The molecule has 0 radical (unpaired) electrons. The number of nitrogens with one attached hydrogen (secondary N) is 2. The highest BCUT2D eigenvalue weighted by molar-refractivity contribution is 6.33. The van der Waals surface area contributed by atoms with Crippen LogP contribution in [-0.2, 0) is 6.42 Å². The zero-order valence-corrected chi connectivity index (χ0v) is 15.5. The van der Waals surface area contributed by atoms with Crippen molar-refractivity contribution in [1.29, 1.82) is 0 Å². The minimum absolute atomic E-state index is 0.259. The number of amides is 1. The van der Waals surface area contributed by atoms with Crippen LogP contribution in [0.25, 0.3) is 0 Å². The Bertz CT molecular complexity index is 899. The van der Waals surface area contributed by atoms with Crippen molar-refractivity contribution in [3.05, 3.63) is 77.2 Å². The van der Waals surface area contributed by atoms with Gasteiger partial charge in [0, 0.05) is 6.54 Å². The number of rotatable bonds is 7. The average Bonchev–Trinajstić information content (AvgIpc) is 2.71. The van der Waals surface area contributed by atoms with Gasteiger partial charge in [-0.1, -0.05) is 35.9 Å². The van der Waals surface area contributed by atoms with Crippen molar-refractivity contribution in [2.24, 2.45) is 0 Å². The van der Waals surface area contributed by atoms with Crippen LogP contribution >= 0.6 is 11.6 Å². The molecule has 0 bridgehead atoms. The number of anilines is 2. The fourth-order valence-corrected chi connectivity index (χ4v) is 2.60. The van der Waals surface area contributed by atoms with E-state index in [2.05, 4.69) is 20.6 Å². The molecule has 6 nitrogen and oxygen atoms in total. The Hall–Kier alpha value is -3.12. The van der Waals surface area contributed by atoms with Gasteiger partial charge in [-0.15, -0.1) is 0 Å². The Balaban J connectivity index is 1.52. The molecule has 0 spiro atoms. The van der Waals surface area contributed by atoms with E-state index >= 15 is 0 Å². The molecule has 7 heteroatoms. The van der Waals surface area contributed by atoms with Crippen molar-refractivity contribution < 1.29 is 9.53 Å². The van der Waals surface area contributed by atoms with E-state index in [4.69, 9.17) is 16.3 Å². The van der Waals surface area contributed by atoms with Crippen LogP contribution in [0.1, 0.15) is 16.1 Å². The molecule has 0 fully saturated rings. The minimum Gasteiger partial charge on any atom is -0.497 e. The lowest BCUT2D eigenvalue weighted by atomic mass is 10.1. The van der Waals surface area contributed by atoms with Gasteiger partial charge in [0.15, 0.2) is 0 Å². The van der Waals surface area contributed by atoms with Crippen LogP contribution in [-0.4, -0.2) is 29.5 Å². The maximum absolute atomic E-state index is 12.2. The summed E-state index contributed by atoms with van der Waals surface area (Å²) in [6.45, 7) is 0.506. The van der Waals surface area contributed by atoms with Gasteiger partial charge < -0.3 is 15.4 Å². The fourth-order valence-electron chi connectivity index (χ4n) is 2.41. The summed E-state index contributed by atoms with van der Waals surface area (Å²) in [6.07, 6.45) is 3.65. The Labute approximate surface area is 162 Å². The number of carbonyl (C=O) groups excluding carboxylic acids is 1. The molecular formula is C20H19ClN4O2. The molecule has 0 unspecified atom stereocenters. The van der Waals surface area contributed by atoms with Gasteiger partial charge in [0.05, 0.1) is 30.2 Å². The second kappa shape index (κ2) is 9.00. The molecule has 0 aliphatic rings. The minimum atomic E-state index is -0.264. The topological polar surface area (TPSA) is 76.1 Å². The molecule has 0 atom stereocenters. The maximum atomic E-state index is 12.2. The largest absolute Gasteiger partial charge is 0.497 e. The number of para-hydroxylation sites is 1. The summed E-state index contributed by atoms with van der Waals surface area (Å²) in [4.78, 5) is 20.6. The van der Waals surface area contributed by atoms with Gasteiger partial charge >= 0.3 is 0 Å². The third-order valence-corrected chi connectivity index (χ3v) is 4.21. The molecule has 1 aromatic heterocycles. The van der Waals surface area contributed by atoms with Gasteiger partial charge in [0.1, 0.15) is 17.3 Å². The predicted molar refractivity (Wildman–Crippen MR) is 106 cm³/mol. The van der Waals surface area contributed by atoms with Gasteiger partial charge in [-0.05, 0) is 36.2 Å². The first-order chi connectivity index (χ1) is 13.2. The first-order valence-electron chi connectivity index (χ1n) is 8.40. The smallest absolute Gasteiger partial charge is 0.271 e. The molecule has 0 aliphatic heterocycles. The van der Waals surface area contributed by atoms with E-state index in [1.165, 1.54) is 12.4 Å². The van der Waals surface area contributed by atoms with Crippen LogP contribution in [0.4, 0.5) is 11.5 Å². The van der Waals surface area contributed by atoms with E-state index in [1.807, 2.05) is 42.5 Å². The molecular weight excluding hydrogens is 364 g/mol. The van der Waals surface area contributed by atoms with E-state index in [1.54, 1.807) is 13.2 Å². The van der Waals surface area contributed by atoms with Gasteiger partial charge in [0.2, 0.25) is 0 Å². The fraction of sp³-hybridized carbons (Fsp3) is 0.150. The standard InChI is InChI=1S/C20H19ClN4O2/c1-27-15-8-6-14(7-9-15)10-11-22-20(26)18-12-24-19(13-23-18)25-17-5-3-2-4-16(17)21/h2-9,12-13H,10-11H2,1H3,(H,22,26)(H,24,25). The van der Waals surface area contributed by atoms with Crippen LogP contribution < -0.4 is 15.4 Å². The van der Waals surface area contributed by atoms with E-state index in [0.717, 1.165) is 23.4 Å². The van der Waals surface area contributed by atoms with Crippen molar-refractivity contribution in [2.75, 3.05) is 19.0 Å². The third-order valence-electron chi connectivity index (χ3n) is 3.88. The summed E-state index contributed by atoms with van der Waals surface area (Å²) in [5.74, 6) is 1.06. The lowest BCUT2D eigenvalue weighted by Crippen LogP contribution is -2.26. The van der Waals surface area contributed by atoms with Crippen LogP contribution in [0.5, 0.6) is 5.75 Å². The highest BCUT2D eigenvalue weighted by atomic mass is 35.5. The van der Waals surface area contributed by atoms with Gasteiger partial charge in [-0.25, -0.2) is 9.97 Å². The Morgan fingerprint density at radius 2 is 1.85 bits per heavy atom. The number of nitrogens with zero attached hydrogens (tertiary/aromatic N) is 2. The lowest BCUT2D eigenvalue weighted by molar-refractivity contribution is 0.0949. The average molecular weight is 383 g/mol. The molecule has 2 aromatic carbocycles. The number of ether oxygens (including phenoxy) is 1. The normalized spacial score (nSPS) is 10.3. The van der Waals surface area contributed by atoms with Crippen LogP contribution in [0.2, 0.25) is 5.02 Å². The molecule has 2 N–H and O–H groups in total. The number of methoxy groups -OCH3 is 1. The zero-order chi connectivity index (χ0) is 19.1. The Morgan fingerprint density at radius 3 is 2.52 bits per heavy atom. The van der Waals surface area contributed by atoms with E-state index in [-0.39, 0.29) is 11.6 Å². The summed E-state index contributed by atoms with van der Waals surface area (Å²) < 4.78 is 5.13. The number of aromatic nitrogens is 2. The highest BCUT2D eigenvalue weighted by Crippen LogP contribution is 2.23. The number of benzene rings is 2. The summed E-state index contributed by atoms with van der Waals surface area (Å²) in [7, 11) is 1.63. The van der Waals surface area contributed by atoms with Crippen molar-refractivity contribution in [2.45, 2.75) is 6.42 Å². The quantitative estimate of drug-likeness (QED) is 0.649. The Kier molecular flexibility index (Phi) is 6.22. The maximum Gasteiger partial charge on any atom is 0.271 e. The first kappa shape index (κ1) is 18.7. The molecule has 0 saturated carbocycles. The van der Waals surface area contributed by atoms with Crippen LogP contribution in [0, 0.1) is 0 Å². The highest BCUT2D eigenvalue weighted by Gasteiger charge is 2.08. The van der Waals surface area contributed by atoms with Crippen molar-refractivity contribution in [3.8, 4) is 5.75 Å². The van der Waals surface area contributed by atoms with Crippen molar-refractivity contribution in [3.63, 3.8) is 0 Å². The van der Waals surface area contributed by atoms with Gasteiger partial charge in [-0.3, -0.25) is 4.79 Å². The number of carbonyl (C=O) groups is 1. The van der Waals surface area contributed by atoms with Crippen molar-refractivity contribution >= 4 is 29.0 Å². The van der Waals surface area contributed by atoms with Crippen LogP contribution in [0.3, 0.4) is 0 Å². The number of halogens is 1. The number of hydrogen-bond acceptors (Lipinski definition) is 5. The second-order valence-electron chi connectivity index (χ2n) is 5.75. The SMILES string of the molecule is COc1ccc(CCNC(=O)c2cnc(Nc3ccccc3Cl)cn2)cc1. The third kappa shape index (κ3) is 5.18. The molecule has 27 heavy (non-hydrogen) atoms. The first-order valence-corrected chi connectivity index (χ1v) is 8.78. The Morgan fingerprint density at radius 1 is 1.07 bits per heavy atom. The molecule has 3 rings (SSSR count). The van der Waals surface area contributed by atoms with E-state index < -0.39 is 0 Å². The number of hydrogen-bond donors (Lipinski definition) is 2. The second-order valence-corrected chi connectivity index (χ2v) is 6.15. The summed E-state index contributed by atoms with van der Waals surface area (Å²) in [5, 5.41) is 6.49. The molecule has 3 aromatic rings. The van der Waals surface area contributed by atoms with Gasteiger partial charge in [0.25, 0.3) is 5.91 Å². The predicted octanol–water partition coefficient (Wildman–Crippen LogP) is 3.85. The molecule has 138 valence electrons. The molecule has 1 heterocycles. The van der Waals surface area contributed by atoms with E-state index in [9.17, 15) is 4.79 Å². The summed E-state index contributed by atoms with van der Waals surface area (Å²) >= 11 is 6.10.